The van der Waals surface area contributed by atoms with Gasteiger partial charge in [-0.05, 0) is 37.3 Å². The molecule has 1 aliphatic rings. The summed E-state index contributed by atoms with van der Waals surface area (Å²) < 4.78 is 1.49. The standard InChI is InChI=1S/C17H19ClN4O3/c18-13-5-1-2-6-15(13)22-11-14(19-20-22)17(25)21-9-3-4-12(10-21)7-8-16(23)24/h1-2,5-6,11-12H,3-4,7-10H2,(H,23,24). The molecule has 1 amide bonds. The number of carboxylic acids is 1. The zero-order valence-corrected chi connectivity index (χ0v) is 14.4. The molecule has 2 heterocycles. The number of likely N-dealkylation sites (tertiary alicyclic amines) is 1. The average Bonchev–Trinajstić information content (AvgIpc) is 3.10. The van der Waals surface area contributed by atoms with Gasteiger partial charge in [0.1, 0.15) is 0 Å². The van der Waals surface area contributed by atoms with Crippen molar-refractivity contribution >= 4 is 23.5 Å². The monoisotopic (exact) mass is 362 g/mol. The highest BCUT2D eigenvalue weighted by molar-refractivity contribution is 6.32. The van der Waals surface area contributed by atoms with Gasteiger partial charge < -0.3 is 10.0 Å². The Morgan fingerprint density at radius 1 is 1.32 bits per heavy atom. The molecule has 1 fully saturated rings. The number of halogens is 1. The fourth-order valence-corrected chi connectivity index (χ4v) is 3.31. The topological polar surface area (TPSA) is 88.3 Å². The molecular formula is C17H19ClN4O3. The summed E-state index contributed by atoms with van der Waals surface area (Å²) >= 11 is 6.14. The number of hydrogen-bond acceptors (Lipinski definition) is 4. The predicted molar refractivity (Wildman–Crippen MR) is 91.9 cm³/mol. The molecule has 0 bridgehead atoms. The Bertz CT molecular complexity index is 777. The number of carboxylic acid groups (broad SMARTS) is 1. The molecule has 8 heteroatoms. The minimum Gasteiger partial charge on any atom is -0.481 e. The highest BCUT2D eigenvalue weighted by atomic mass is 35.5. The van der Waals surface area contributed by atoms with E-state index in [-0.39, 0.29) is 23.9 Å². The molecule has 0 spiro atoms. The summed E-state index contributed by atoms with van der Waals surface area (Å²) in [5, 5.41) is 17.3. The van der Waals surface area contributed by atoms with Crippen molar-refractivity contribution in [3.63, 3.8) is 0 Å². The second-order valence-corrected chi connectivity index (χ2v) is 6.60. The number of hydrogen-bond donors (Lipinski definition) is 1. The molecule has 1 N–H and O–H groups in total. The molecule has 1 atom stereocenters. The first kappa shape index (κ1) is 17.4. The van der Waals surface area contributed by atoms with Crippen LogP contribution in [0.5, 0.6) is 0 Å². The van der Waals surface area contributed by atoms with Crippen molar-refractivity contribution in [3.8, 4) is 5.69 Å². The number of amides is 1. The van der Waals surface area contributed by atoms with Crippen LogP contribution < -0.4 is 0 Å². The van der Waals surface area contributed by atoms with Crippen molar-refractivity contribution in [3.05, 3.63) is 41.2 Å². The number of nitrogens with zero attached hydrogens (tertiary/aromatic N) is 4. The molecule has 1 unspecified atom stereocenters. The summed E-state index contributed by atoms with van der Waals surface area (Å²) in [5.41, 5.74) is 0.924. The number of benzene rings is 1. The lowest BCUT2D eigenvalue weighted by Crippen LogP contribution is -2.40. The van der Waals surface area contributed by atoms with Gasteiger partial charge in [0.2, 0.25) is 0 Å². The third-order valence-electron chi connectivity index (χ3n) is 4.38. The summed E-state index contributed by atoms with van der Waals surface area (Å²) in [7, 11) is 0. The Balaban J connectivity index is 1.69. The van der Waals surface area contributed by atoms with E-state index in [2.05, 4.69) is 10.3 Å². The highest BCUT2D eigenvalue weighted by Gasteiger charge is 2.26. The summed E-state index contributed by atoms with van der Waals surface area (Å²) in [5.74, 6) is -0.767. The zero-order valence-electron chi connectivity index (χ0n) is 13.6. The van der Waals surface area contributed by atoms with E-state index >= 15 is 0 Å². The number of carbonyl (C=O) groups excluding carboxylic acids is 1. The van der Waals surface area contributed by atoms with Gasteiger partial charge in [-0.25, -0.2) is 4.68 Å². The Morgan fingerprint density at radius 2 is 2.12 bits per heavy atom. The minimum absolute atomic E-state index is 0.134. The van der Waals surface area contributed by atoms with Crippen LogP contribution in [0.1, 0.15) is 36.2 Å². The molecule has 1 aromatic carbocycles. The van der Waals surface area contributed by atoms with Gasteiger partial charge in [0.25, 0.3) is 5.91 Å². The van der Waals surface area contributed by atoms with Crippen LogP contribution in [-0.4, -0.2) is 50.0 Å². The molecule has 1 aromatic heterocycles. The van der Waals surface area contributed by atoms with Gasteiger partial charge in [0.05, 0.1) is 16.9 Å². The molecule has 0 radical (unpaired) electrons. The third-order valence-corrected chi connectivity index (χ3v) is 4.70. The summed E-state index contributed by atoms with van der Waals surface area (Å²) in [4.78, 5) is 25.1. The zero-order chi connectivity index (χ0) is 17.8. The van der Waals surface area contributed by atoms with E-state index in [1.54, 1.807) is 23.2 Å². The third kappa shape index (κ3) is 4.17. The van der Waals surface area contributed by atoms with Crippen LogP contribution in [0.3, 0.4) is 0 Å². The van der Waals surface area contributed by atoms with Crippen molar-refractivity contribution in [1.82, 2.24) is 19.9 Å². The first-order valence-electron chi connectivity index (χ1n) is 8.23. The van der Waals surface area contributed by atoms with Crippen molar-refractivity contribution in [2.45, 2.75) is 25.7 Å². The van der Waals surface area contributed by atoms with Gasteiger partial charge in [-0.2, -0.15) is 0 Å². The number of aromatic nitrogens is 3. The molecule has 132 valence electrons. The van der Waals surface area contributed by atoms with E-state index < -0.39 is 5.97 Å². The van der Waals surface area contributed by atoms with E-state index in [1.807, 2.05) is 12.1 Å². The van der Waals surface area contributed by atoms with Gasteiger partial charge in [-0.3, -0.25) is 9.59 Å². The molecule has 0 aliphatic carbocycles. The van der Waals surface area contributed by atoms with E-state index in [0.717, 1.165) is 12.8 Å². The second kappa shape index (κ2) is 7.65. The maximum atomic E-state index is 12.7. The molecule has 2 aromatic rings. The fourth-order valence-electron chi connectivity index (χ4n) is 3.09. The van der Waals surface area contributed by atoms with Crippen molar-refractivity contribution < 1.29 is 14.7 Å². The average molecular weight is 363 g/mol. The first-order valence-corrected chi connectivity index (χ1v) is 8.60. The lowest BCUT2D eigenvalue weighted by atomic mass is 9.93. The van der Waals surface area contributed by atoms with Crippen LogP contribution in [-0.2, 0) is 4.79 Å². The lowest BCUT2D eigenvalue weighted by molar-refractivity contribution is -0.137. The summed E-state index contributed by atoms with van der Waals surface area (Å²) in [6, 6.07) is 7.20. The lowest BCUT2D eigenvalue weighted by Gasteiger charge is -2.32. The van der Waals surface area contributed by atoms with Gasteiger partial charge >= 0.3 is 5.97 Å². The quantitative estimate of drug-likeness (QED) is 0.883. The highest BCUT2D eigenvalue weighted by Crippen LogP contribution is 2.23. The van der Waals surface area contributed by atoms with E-state index in [9.17, 15) is 9.59 Å². The maximum absolute atomic E-state index is 12.7. The largest absolute Gasteiger partial charge is 0.481 e. The summed E-state index contributed by atoms with van der Waals surface area (Å²) in [6.45, 7) is 1.21. The number of carbonyl (C=O) groups is 2. The van der Waals surface area contributed by atoms with Crippen molar-refractivity contribution in [1.29, 1.82) is 0 Å². The van der Waals surface area contributed by atoms with E-state index in [1.165, 1.54) is 4.68 Å². The van der Waals surface area contributed by atoms with Gasteiger partial charge in [-0.1, -0.05) is 28.9 Å². The van der Waals surface area contributed by atoms with Gasteiger partial charge in [0, 0.05) is 19.5 Å². The Kier molecular flexibility index (Phi) is 5.33. The SMILES string of the molecule is O=C(O)CCC1CCCN(C(=O)c2cn(-c3ccccc3Cl)nn2)C1. The Morgan fingerprint density at radius 3 is 2.88 bits per heavy atom. The van der Waals surface area contributed by atoms with Crippen LogP contribution in [0, 0.1) is 5.92 Å². The number of rotatable bonds is 5. The fraction of sp³-hybridized carbons (Fsp3) is 0.412. The Labute approximate surface area is 150 Å². The number of piperidine rings is 1. The van der Waals surface area contributed by atoms with Crippen LogP contribution in [0.4, 0.5) is 0 Å². The van der Waals surface area contributed by atoms with E-state index in [4.69, 9.17) is 16.7 Å². The van der Waals surface area contributed by atoms with Gasteiger partial charge in [0.15, 0.2) is 5.69 Å². The smallest absolute Gasteiger partial charge is 0.303 e. The van der Waals surface area contributed by atoms with Crippen molar-refractivity contribution in [2.75, 3.05) is 13.1 Å². The number of para-hydroxylation sites is 1. The van der Waals surface area contributed by atoms with Crippen LogP contribution in [0.2, 0.25) is 5.02 Å². The molecular weight excluding hydrogens is 344 g/mol. The second-order valence-electron chi connectivity index (χ2n) is 6.19. The van der Waals surface area contributed by atoms with Crippen LogP contribution >= 0.6 is 11.6 Å². The molecule has 0 saturated carbocycles. The number of aliphatic carboxylic acids is 1. The van der Waals surface area contributed by atoms with E-state index in [0.29, 0.717) is 30.2 Å². The van der Waals surface area contributed by atoms with Gasteiger partial charge in [-0.15, -0.1) is 5.10 Å². The summed E-state index contributed by atoms with van der Waals surface area (Å²) in [6.07, 6.45) is 4.11. The molecule has 25 heavy (non-hydrogen) atoms. The predicted octanol–water partition coefficient (Wildman–Crippen LogP) is 2.64. The van der Waals surface area contributed by atoms with Crippen molar-refractivity contribution in [2.24, 2.45) is 5.92 Å². The molecule has 1 aliphatic heterocycles. The minimum atomic E-state index is -0.800. The normalized spacial score (nSPS) is 17.5. The first-order chi connectivity index (χ1) is 12.0. The maximum Gasteiger partial charge on any atom is 0.303 e. The molecule has 1 saturated heterocycles. The van der Waals surface area contributed by atoms with Crippen LogP contribution in [0.25, 0.3) is 5.69 Å². The molecule has 3 rings (SSSR count). The Hall–Kier alpha value is -2.41. The van der Waals surface area contributed by atoms with Crippen LogP contribution in [0.15, 0.2) is 30.5 Å². The molecule has 7 nitrogen and oxygen atoms in total.